The van der Waals surface area contributed by atoms with Gasteiger partial charge in [-0.3, -0.25) is 0 Å². The highest BCUT2D eigenvalue weighted by atomic mass is 16.5. The number of aromatic nitrogens is 2. The van der Waals surface area contributed by atoms with Crippen molar-refractivity contribution in [3.63, 3.8) is 0 Å². The van der Waals surface area contributed by atoms with E-state index >= 15 is 0 Å². The zero-order valence-electron chi connectivity index (χ0n) is 11.3. The first-order chi connectivity index (χ1) is 9.26. The molecule has 0 bridgehead atoms. The molecule has 2 N–H and O–H groups in total. The second-order valence-corrected chi connectivity index (χ2v) is 4.27. The molecule has 0 amide bonds. The van der Waals surface area contributed by atoms with Crippen molar-refractivity contribution in [3.05, 3.63) is 42.0 Å². The lowest BCUT2D eigenvalue weighted by Gasteiger charge is -2.09. The summed E-state index contributed by atoms with van der Waals surface area (Å²) in [5.74, 6) is 1.47. The minimum absolute atomic E-state index is 0.618. The van der Waals surface area contributed by atoms with Crippen molar-refractivity contribution < 1.29 is 9.47 Å². The Bertz CT molecular complexity index is 537. The van der Waals surface area contributed by atoms with Gasteiger partial charge >= 0.3 is 0 Å². The van der Waals surface area contributed by atoms with E-state index in [4.69, 9.17) is 15.2 Å². The average Bonchev–Trinajstić information content (AvgIpc) is 2.86. The lowest BCUT2D eigenvalue weighted by molar-refractivity contribution is 0.354. The molecule has 0 radical (unpaired) electrons. The third-order valence-corrected chi connectivity index (χ3v) is 2.90. The molecule has 2 rings (SSSR count). The molecule has 0 aliphatic rings. The quantitative estimate of drug-likeness (QED) is 0.855. The molecule has 0 aliphatic carbocycles. The van der Waals surface area contributed by atoms with E-state index in [1.807, 2.05) is 35.3 Å². The van der Waals surface area contributed by atoms with E-state index in [9.17, 15) is 0 Å². The lowest BCUT2D eigenvalue weighted by atomic mass is 10.2. The van der Waals surface area contributed by atoms with Gasteiger partial charge in [-0.1, -0.05) is 6.07 Å². The van der Waals surface area contributed by atoms with Crippen molar-refractivity contribution in [2.45, 2.75) is 13.0 Å². The maximum absolute atomic E-state index is 5.51. The van der Waals surface area contributed by atoms with Crippen molar-refractivity contribution in [3.8, 4) is 11.5 Å². The standard InChI is InChI=1S/C14H19N3O2/c1-18-13-4-3-11(7-14(13)19-2)8-17-9-12(5-6-15)16-10-17/h3-4,7,9-10H,5-6,8,15H2,1-2H3. The van der Waals surface area contributed by atoms with Gasteiger partial charge in [0.2, 0.25) is 0 Å². The van der Waals surface area contributed by atoms with Crippen molar-refractivity contribution >= 4 is 0 Å². The number of rotatable bonds is 6. The number of nitrogens with zero attached hydrogens (tertiary/aromatic N) is 2. The smallest absolute Gasteiger partial charge is 0.161 e. The molecule has 102 valence electrons. The average molecular weight is 261 g/mol. The first-order valence-corrected chi connectivity index (χ1v) is 6.18. The van der Waals surface area contributed by atoms with Crippen LogP contribution in [-0.4, -0.2) is 30.3 Å². The molecule has 0 unspecified atom stereocenters. The van der Waals surface area contributed by atoms with Crippen LogP contribution in [0.4, 0.5) is 0 Å². The first kappa shape index (κ1) is 13.4. The van der Waals surface area contributed by atoms with Crippen LogP contribution in [0, 0.1) is 0 Å². The summed E-state index contributed by atoms with van der Waals surface area (Å²) in [6.07, 6.45) is 4.64. The van der Waals surface area contributed by atoms with E-state index < -0.39 is 0 Å². The number of benzene rings is 1. The predicted octanol–water partition coefficient (Wildman–Crippen LogP) is 1.45. The van der Waals surface area contributed by atoms with Crippen molar-refractivity contribution in [1.29, 1.82) is 0 Å². The topological polar surface area (TPSA) is 62.3 Å². The summed E-state index contributed by atoms with van der Waals surface area (Å²) in [5, 5.41) is 0. The maximum Gasteiger partial charge on any atom is 0.161 e. The van der Waals surface area contributed by atoms with Crippen LogP contribution in [0.25, 0.3) is 0 Å². The number of nitrogens with two attached hydrogens (primary N) is 1. The van der Waals surface area contributed by atoms with Gasteiger partial charge in [0, 0.05) is 19.2 Å². The molecule has 5 heteroatoms. The molecule has 0 saturated carbocycles. The third kappa shape index (κ3) is 3.26. The fraction of sp³-hybridized carbons (Fsp3) is 0.357. The van der Waals surface area contributed by atoms with Gasteiger partial charge in [-0.25, -0.2) is 4.98 Å². The Morgan fingerprint density at radius 1 is 1.21 bits per heavy atom. The van der Waals surface area contributed by atoms with Gasteiger partial charge in [0.25, 0.3) is 0 Å². The molecular formula is C14H19N3O2. The minimum Gasteiger partial charge on any atom is -0.493 e. The predicted molar refractivity (Wildman–Crippen MR) is 73.6 cm³/mol. The summed E-state index contributed by atoms with van der Waals surface area (Å²) in [4.78, 5) is 4.31. The largest absolute Gasteiger partial charge is 0.493 e. The van der Waals surface area contributed by atoms with Crippen LogP contribution in [0.5, 0.6) is 11.5 Å². The van der Waals surface area contributed by atoms with E-state index in [1.165, 1.54) is 0 Å². The highest BCUT2D eigenvalue weighted by molar-refractivity contribution is 5.42. The van der Waals surface area contributed by atoms with Crippen molar-refractivity contribution in [1.82, 2.24) is 9.55 Å². The zero-order valence-corrected chi connectivity index (χ0v) is 11.3. The Labute approximate surface area is 113 Å². The number of ether oxygens (including phenoxy) is 2. The van der Waals surface area contributed by atoms with Crippen LogP contribution in [0.15, 0.2) is 30.7 Å². The van der Waals surface area contributed by atoms with Crippen LogP contribution >= 0.6 is 0 Å². The second kappa shape index (κ2) is 6.24. The number of imidazole rings is 1. The summed E-state index contributed by atoms with van der Waals surface area (Å²) in [5.41, 5.74) is 7.66. The van der Waals surface area contributed by atoms with Crippen molar-refractivity contribution in [2.75, 3.05) is 20.8 Å². The van der Waals surface area contributed by atoms with Gasteiger partial charge in [0.1, 0.15) is 0 Å². The Kier molecular flexibility index (Phi) is 4.41. The van der Waals surface area contributed by atoms with Crippen LogP contribution in [0.1, 0.15) is 11.3 Å². The summed E-state index contributed by atoms with van der Waals surface area (Å²) in [7, 11) is 3.27. The van der Waals surface area contributed by atoms with E-state index in [0.29, 0.717) is 6.54 Å². The summed E-state index contributed by atoms with van der Waals surface area (Å²) in [6.45, 7) is 1.37. The van der Waals surface area contributed by atoms with Gasteiger partial charge in [-0.2, -0.15) is 0 Å². The molecule has 19 heavy (non-hydrogen) atoms. The monoisotopic (exact) mass is 261 g/mol. The Hall–Kier alpha value is -2.01. The van der Waals surface area contributed by atoms with Crippen LogP contribution in [0.2, 0.25) is 0 Å². The van der Waals surface area contributed by atoms with Crippen molar-refractivity contribution in [2.24, 2.45) is 5.73 Å². The fourth-order valence-corrected chi connectivity index (χ4v) is 1.96. The Morgan fingerprint density at radius 2 is 2.00 bits per heavy atom. The normalized spacial score (nSPS) is 10.5. The van der Waals surface area contributed by atoms with Gasteiger partial charge in [0.15, 0.2) is 11.5 Å². The van der Waals surface area contributed by atoms with E-state index in [-0.39, 0.29) is 0 Å². The minimum atomic E-state index is 0.618. The molecule has 5 nitrogen and oxygen atoms in total. The number of methoxy groups -OCH3 is 2. The molecule has 2 aromatic rings. The molecule has 0 saturated heterocycles. The van der Waals surface area contributed by atoms with Gasteiger partial charge in [-0.15, -0.1) is 0 Å². The van der Waals surface area contributed by atoms with Gasteiger partial charge < -0.3 is 19.8 Å². The molecular weight excluding hydrogens is 242 g/mol. The SMILES string of the molecule is COc1ccc(Cn2cnc(CCN)c2)cc1OC. The first-order valence-electron chi connectivity index (χ1n) is 6.18. The fourth-order valence-electron chi connectivity index (χ4n) is 1.96. The molecule has 1 heterocycles. The second-order valence-electron chi connectivity index (χ2n) is 4.27. The highest BCUT2D eigenvalue weighted by Gasteiger charge is 2.05. The summed E-state index contributed by atoms with van der Waals surface area (Å²) < 4.78 is 12.5. The molecule has 1 aromatic carbocycles. The molecule has 0 atom stereocenters. The Morgan fingerprint density at radius 3 is 2.68 bits per heavy atom. The lowest BCUT2D eigenvalue weighted by Crippen LogP contribution is -2.03. The maximum atomic E-state index is 5.51. The number of hydrogen-bond donors (Lipinski definition) is 1. The molecule has 0 spiro atoms. The summed E-state index contributed by atoms with van der Waals surface area (Å²) in [6, 6.07) is 5.90. The third-order valence-electron chi connectivity index (χ3n) is 2.90. The summed E-state index contributed by atoms with van der Waals surface area (Å²) >= 11 is 0. The van der Waals surface area contributed by atoms with E-state index in [2.05, 4.69) is 4.98 Å². The Balaban J connectivity index is 2.13. The van der Waals surface area contributed by atoms with E-state index in [1.54, 1.807) is 14.2 Å². The molecule has 0 aliphatic heterocycles. The molecule has 1 aromatic heterocycles. The van der Waals surface area contributed by atoms with Gasteiger partial charge in [0.05, 0.1) is 26.2 Å². The van der Waals surface area contributed by atoms with Crippen LogP contribution in [-0.2, 0) is 13.0 Å². The molecule has 0 fully saturated rings. The van der Waals surface area contributed by atoms with Crippen LogP contribution < -0.4 is 15.2 Å². The zero-order chi connectivity index (χ0) is 13.7. The highest BCUT2D eigenvalue weighted by Crippen LogP contribution is 2.27. The van der Waals surface area contributed by atoms with Gasteiger partial charge in [-0.05, 0) is 24.2 Å². The van der Waals surface area contributed by atoms with Crippen LogP contribution in [0.3, 0.4) is 0 Å². The van der Waals surface area contributed by atoms with E-state index in [0.717, 1.165) is 35.7 Å². The number of hydrogen-bond acceptors (Lipinski definition) is 4.